The zero-order valence-electron chi connectivity index (χ0n) is 36.9. The number of nitrogens with one attached hydrogen (secondary N) is 3. The fraction of sp³-hybridized carbons (Fsp3) is 0.417. The number of piperidine rings is 1. The molecule has 8 rings (SSSR count). The number of fused-ring (bicyclic) bond motifs is 1. The van der Waals surface area contributed by atoms with Gasteiger partial charge in [0.1, 0.15) is 22.8 Å². The van der Waals surface area contributed by atoms with Crippen LogP contribution in [0, 0.1) is 21.4 Å². The third-order valence-corrected chi connectivity index (χ3v) is 14.6. The predicted molar refractivity (Wildman–Crippen MR) is 253 cm³/mol. The summed E-state index contributed by atoms with van der Waals surface area (Å²) in [6.45, 7) is 15.4. The van der Waals surface area contributed by atoms with E-state index in [0.717, 1.165) is 100 Å². The van der Waals surface area contributed by atoms with Crippen LogP contribution in [0.1, 0.15) is 75.7 Å². The van der Waals surface area contributed by atoms with Crippen LogP contribution in [-0.4, -0.2) is 97.4 Å². The molecule has 4 heterocycles. The van der Waals surface area contributed by atoms with Crippen molar-refractivity contribution in [2.45, 2.75) is 70.7 Å². The first kappa shape index (κ1) is 45.1. The number of anilines is 2. The summed E-state index contributed by atoms with van der Waals surface area (Å²) in [6.07, 6.45) is 8.42. The van der Waals surface area contributed by atoms with E-state index >= 15 is 0 Å². The minimum atomic E-state index is -4.56. The van der Waals surface area contributed by atoms with E-state index in [1.54, 1.807) is 30.5 Å². The minimum Gasteiger partial charge on any atom is -0.455 e. The Morgan fingerprint density at radius 3 is 2.47 bits per heavy atom. The van der Waals surface area contributed by atoms with Crippen molar-refractivity contribution in [2.75, 3.05) is 62.6 Å². The van der Waals surface area contributed by atoms with Gasteiger partial charge in [-0.1, -0.05) is 43.2 Å². The van der Waals surface area contributed by atoms with Gasteiger partial charge in [-0.15, -0.1) is 0 Å². The molecule has 14 nitrogen and oxygen atoms in total. The molecule has 3 aromatic carbocycles. The highest BCUT2D eigenvalue weighted by molar-refractivity contribution is 7.90. The number of allylic oxidation sites excluding steroid dienone is 1. The number of hydrogen-bond donors (Lipinski definition) is 3. The van der Waals surface area contributed by atoms with Crippen LogP contribution in [0.4, 0.5) is 17.1 Å². The average Bonchev–Trinajstić information content (AvgIpc) is 3.75. The van der Waals surface area contributed by atoms with Crippen molar-refractivity contribution in [3.63, 3.8) is 0 Å². The zero-order chi connectivity index (χ0) is 45.2. The third-order valence-electron chi connectivity index (χ3n) is 13.0. The van der Waals surface area contributed by atoms with E-state index in [2.05, 4.69) is 74.5 Å². The van der Waals surface area contributed by atoms with E-state index in [9.17, 15) is 23.3 Å². The van der Waals surface area contributed by atoms with Crippen LogP contribution in [0.15, 0.2) is 95.7 Å². The molecule has 1 amide bonds. The summed E-state index contributed by atoms with van der Waals surface area (Å²) in [6, 6.07) is 21.0. The molecule has 5 aromatic rings. The highest BCUT2D eigenvalue weighted by Gasteiger charge is 2.31. The number of carbonyl (C=O) groups excluding carboxylic acids is 1. The number of amides is 1. The predicted octanol–water partition coefficient (Wildman–Crippen LogP) is 9.35. The van der Waals surface area contributed by atoms with Crippen LogP contribution in [0.2, 0.25) is 5.02 Å². The van der Waals surface area contributed by atoms with Crippen LogP contribution in [0.3, 0.4) is 0 Å². The number of halogens is 1. The number of ether oxygens (including phenoxy) is 1. The Labute approximate surface area is 380 Å². The number of H-pyrrole nitrogens is 1. The number of nitrogens with zero attached hydrogens (tertiary/aromatic N) is 5. The lowest BCUT2D eigenvalue weighted by Crippen LogP contribution is -2.47. The number of hydrogen-bond acceptors (Lipinski definition) is 11. The third kappa shape index (κ3) is 10.5. The Kier molecular flexibility index (Phi) is 13.3. The Morgan fingerprint density at radius 1 is 1.00 bits per heavy atom. The number of carbonyl (C=O) groups is 1. The lowest BCUT2D eigenvalue weighted by molar-refractivity contribution is -0.384. The van der Waals surface area contributed by atoms with Gasteiger partial charge in [0, 0.05) is 79.7 Å². The summed E-state index contributed by atoms with van der Waals surface area (Å²) in [7, 11) is -4.56. The summed E-state index contributed by atoms with van der Waals surface area (Å²) >= 11 is 6.25. The second-order valence-corrected chi connectivity index (χ2v) is 20.5. The SMILES string of the molecule is CC(C)N1CCC(CNc2ccc(S(=O)(=O)NC(=O)c3ccc(N4CCN(CC5=C(c6ccc(Cl)cc6)CC(C)(C)CC5)CC4)cc3Oc3cnc4[nH]ccc4c3)cc2[N+](=O)[O-])CC1. The van der Waals surface area contributed by atoms with Crippen molar-refractivity contribution in [3.8, 4) is 11.5 Å². The van der Waals surface area contributed by atoms with Crippen LogP contribution in [-0.2, 0) is 10.0 Å². The molecule has 16 heteroatoms. The molecule has 1 aliphatic carbocycles. The van der Waals surface area contributed by atoms with E-state index < -0.39 is 31.4 Å². The first-order chi connectivity index (χ1) is 30.6. The maximum atomic E-state index is 14.0. The van der Waals surface area contributed by atoms with Gasteiger partial charge in [-0.25, -0.2) is 18.1 Å². The zero-order valence-corrected chi connectivity index (χ0v) is 38.5. The average molecular weight is 910 g/mol. The smallest absolute Gasteiger partial charge is 0.293 e. The van der Waals surface area contributed by atoms with Crippen LogP contribution in [0.25, 0.3) is 16.6 Å². The van der Waals surface area contributed by atoms with Gasteiger partial charge >= 0.3 is 0 Å². The molecule has 3 aliphatic rings. The molecule has 3 N–H and O–H groups in total. The molecule has 2 fully saturated rings. The van der Waals surface area contributed by atoms with Crippen molar-refractivity contribution in [1.29, 1.82) is 0 Å². The van der Waals surface area contributed by atoms with Crippen LogP contribution < -0.4 is 19.7 Å². The Balaban J connectivity index is 0.986. The highest BCUT2D eigenvalue weighted by Crippen LogP contribution is 2.43. The number of piperazine rings is 1. The van der Waals surface area contributed by atoms with Gasteiger partial charge in [0.05, 0.1) is 21.6 Å². The fourth-order valence-corrected chi connectivity index (χ4v) is 10.2. The number of nitro benzene ring substituents is 1. The summed E-state index contributed by atoms with van der Waals surface area (Å²) in [5, 5.41) is 16.9. The number of pyridine rings is 1. The molecule has 338 valence electrons. The Bertz CT molecular complexity index is 2650. The van der Waals surface area contributed by atoms with Crippen molar-refractivity contribution in [1.82, 2.24) is 24.5 Å². The maximum absolute atomic E-state index is 14.0. The number of rotatable bonds is 14. The molecule has 0 spiro atoms. The van der Waals surface area contributed by atoms with Gasteiger partial charge in [0.25, 0.3) is 21.6 Å². The normalized spacial score (nSPS) is 17.8. The Hall–Kier alpha value is -5.48. The minimum absolute atomic E-state index is 0.0293. The molecule has 0 atom stereocenters. The van der Waals surface area contributed by atoms with E-state index in [-0.39, 0.29) is 22.4 Å². The molecular formula is C48H57ClN8O6S. The number of benzene rings is 3. The number of likely N-dealkylation sites (tertiary alicyclic amines) is 1. The number of aromatic amines is 1. The molecule has 64 heavy (non-hydrogen) atoms. The largest absolute Gasteiger partial charge is 0.455 e. The van der Waals surface area contributed by atoms with Crippen molar-refractivity contribution in [3.05, 3.63) is 117 Å². The molecule has 0 saturated carbocycles. The van der Waals surface area contributed by atoms with Gasteiger partial charge in [-0.2, -0.15) is 0 Å². The maximum Gasteiger partial charge on any atom is 0.293 e. The number of sulfonamides is 1. The van der Waals surface area contributed by atoms with Gasteiger partial charge in [0.2, 0.25) is 0 Å². The summed E-state index contributed by atoms with van der Waals surface area (Å²) < 4.78 is 36.0. The fourth-order valence-electron chi connectivity index (χ4n) is 9.12. The van der Waals surface area contributed by atoms with E-state index in [4.69, 9.17) is 16.3 Å². The molecule has 0 unspecified atom stereocenters. The van der Waals surface area contributed by atoms with Crippen LogP contribution >= 0.6 is 11.6 Å². The second kappa shape index (κ2) is 18.9. The lowest BCUT2D eigenvalue weighted by Gasteiger charge is -2.39. The summed E-state index contributed by atoms with van der Waals surface area (Å²) in [5.74, 6) is -0.121. The highest BCUT2D eigenvalue weighted by atomic mass is 35.5. The van der Waals surface area contributed by atoms with Crippen LogP contribution in [0.5, 0.6) is 11.5 Å². The first-order valence-electron chi connectivity index (χ1n) is 22.1. The molecule has 0 bridgehead atoms. The van der Waals surface area contributed by atoms with Gasteiger partial charge in [-0.3, -0.25) is 19.8 Å². The van der Waals surface area contributed by atoms with Gasteiger partial charge in [0.15, 0.2) is 0 Å². The number of aromatic nitrogens is 2. The topological polar surface area (TPSA) is 166 Å². The van der Waals surface area contributed by atoms with E-state index in [1.165, 1.54) is 35.0 Å². The molecule has 0 radical (unpaired) electrons. The number of nitro groups is 1. The van der Waals surface area contributed by atoms with Gasteiger partial charge in [-0.05, 0) is 130 Å². The van der Waals surface area contributed by atoms with E-state index in [0.29, 0.717) is 29.9 Å². The van der Waals surface area contributed by atoms with E-state index in [1.807, 2.05) is 18.2 Å². The summed E-state index contributed by atoms with van der Waals surface area (Å²) in [5.41, 5.74) is 5.62. The standard InChI is InChI=1S/C48H57ClN8O6S/c1-32(2)55-19-15-33(16-20-55)29-51-43-12-10-40(27-44(43)57(59)60)64(61,62)53-47(58)41-11-9-38(26-45(41)63-39-25-35-14-18-50-46(35)52-30-39)56-23-21-54(22-24-56)31-36-13-17-48(3,4)28-42(36)34-5-7-37(49)8-6-34/h5-12,14,18,25-27,30,32-33,51H,13,15-17,19-24,28-29,31H2,1-4H3,(H,50,52)(H,53,58). The first-order valence-corrected chi connectivity index (χ1v) is 24.0. The lowest BCUT2D eigenvalue weighted by atomic mass is 9.72. The monoisotopic (exact) mass is 908 g/mol. The summed E-state index contributed by atoms with van der Waals surface area (Å²) in [4.78, 5) is 39.8. The molecular weight excluding hydrogens is 852 g/mol. The van der Waals surface area contributed by atoms with Crippen molar-refractivity contribution >= 4 is 61.2 Å². The van der Waals surface area contributed by atoms with Crippen molar-refractivity contribution in [2.24, 2.45) is 11.3 Å². The van der Waals surface area contributed by atoms with Crippen molar-refractivity contribution < 1.29 is 22.9 Å². The quantitative estimate of drug-likeness (QED) is 0.0718. The Morgan fingerprint density at radius 2 is 1.75 bits per heavy atom. The second-order valence-electron chi connectivity index (χ2n) is 18.4. The molecule has 2 saturated heterocycles. The molecule has 2 aliphatic heterocycles. The molecule has 2 aromatic heterocycles. The van der Waals surface area contributed by atoms with Gasteiger partial charge < -0.3 is 24.8 Å².